The maximum atomic E-state index is 11.9. The molecule has 4 N–H and O–H groups in total. The molecule has 0 spiro atoms. The lowest BCUT2D eigenvalue weighted by atomic mass is 10.1. The van der Waals surface area contributed by atoms with Gasteiger partial charge in [-0.2, -0.15) is 0 Å². The molecular formula is C25H31N5O2S. The maximum absolute atomic E-state index is 11.9. The van der Waals surface area contributed by atoms with Gasteiger partial charge in [0.05, 0.1) is 28.0 Å². The molecule has 2 heterocycles. The minimum Gasteiger partial charge on any atom is -0.491 e. The van der Waals surface area contributed by atoms with Crippen molar-refractivity contribution in [2.24, 2.45) is 4.99 Å². The number of rotatable bonds is 8. The highest BCUT2D eigenvalue weighted by Crippen LogP contribution is 2.38. The van der Waals surface area contributed by atoms with Gasteiger partial charge < -0.3 is 25.7 Å². The quantitative estimate of drug-likeness (QED) is 0.418. The molecule has 0 saturated heterocycles. The van der Waals surface area contributed by atoms with Gasteiger partial charge in [-0.3, -0.25) is 4.99 Å². The number of nitrogens with one attached hydrogen (secondary N) is 2. The number of aryl methyl sites for hydroxylation is 1. The van der Waals surface area contributed by atoms with Crippen molar-refractivity contribution in [1.82, 2.24) is 9.88 Å². The van der Waals surface area contributed by atoms with Crippen LogP contribution in [0.1, 0.15) is 27.2 Å². The van der Waals surface area contributed by atoms with Crippen molar-refractivity contribution in [2.45, 2.75) is 39.8 Å². The molecule has 33 heavy (non-hydrogen) atoms. The smallest absolute Gasteiger partial charge is 0.319 e. The molecule has 0 saturated carbocycles. The zero-order chi connectivity index (χ0) is 23.4. The second kappa shape index (κ2) is 10.2. The molecule has 7 nitrogen and oxygen atoms in total. The molecule has 1 aromatic heterocycles. The number of benzene rings is 2. The van der Waals surface area contributed by atoms with E-state index in [9.17, 15) is 4.79 Å². The average Bonchev–Trinajstić information content (AvgIpc) is 3.36. The van der Waals surface area contributed by atoms with Crippen molar-refractivity contribution < 1.29 is 9.53 Å². The number of aliphatic imine (C=N–C) groups is 1. The third-order valence-corrected chi connectivity index (χ3v) is 6.71. The predicted molar refractivity (Wildman–Crippen MR) is 140 cm³/mol. The van der Waals surface area contributed by atoms with Crippen LogP contribution in [0.2, 0.25) is 0 Å². The van der Waals surface area contributed by atoms with E-state index in [0.29, 0.717) is 13.2 Å². The van der Waals surface area contributed by atoms with Crippen LogP contribution in [0.4, 0.5) is 16.2 Å². The number of carbonyl (C=O) groups is 1. The Balaban J connectivity index is 1.57. The lowest BCUT2D eigenvalue weighted by molar-refractivity contribution is 0.252. The van der Waals surface area contributed by atoms with Gasteiger partial charge in [-0.15, -0.1) is 11.8 Å². The summed E-state index contributed by atoms with van der Waals surface area (Å²) in [5.74, 6) is 1.80. The Morgan fingerprint density at radius 1 is 1.24 bits per heavy atom. The van der Waals surface area contributed by atoms with Crippen LogP contribution < -0.4 is 21.1 Å². The number of fused-ring (bicyclic) bond motifs is 1. The Labute approximate surface area is 198 Å². The van der Waals surface area contributed by atoms with E-state index in [1.54, 1.807) is 11.8 Å². The summed E-state index contributed by atoms with van der Waals surface area (Å²) in [4.78, 5) is 16.5. The van der Waals surface area contributed by atoms with Crippen molar-refractivity contribution in [3.05, 3.63) is 42.5 Å². The number of urea groups is 1. The normalized spacial score (nSPS) is 15.5. The topological polar surface area (TPSA) is 93.7 Å². The van der Waals surface area contributed by atoms with Crippen LogP contribution in [-0.2, 0) is 6.54 Å². The Morgan fingerprint density at radius 2 is 2.03 bits per heavy atom. The largest absolute Gasteiger partial charge is 0.491 e. The van der Waals surface area contributed by atoms with Crippen molar-refractivity contribution in [3.8, 4) is 17.0 Å². The Hall–Kier alpha value is -3.13. The van der Waals surface area contributed by atoms with E-state index in [0.717, 1.165) is 63.0 Å². The Bertz CT molecular complexity index is 1170. The number of nitrogens with two attached hydrogens (primary N) is 1. The zero-order valence-corrected chi connectivity index (χ0v) is 20.2. The van der Waals surface area contributed by atoms with E-state index < -0.39 is 0 Å². The first-order chi connectivity index (χ1) is 16.0. The number of hydrogen-bond acceptors (Lipinski definition) is 5. The van der Waals surface area contributed by atoms with Crippen molar-refractivity contribution in [3.63, 3.8) is 0 Å². The van der Waals surface area contributed by atoms with Crippen LogP contribution in [0, 0.1) is 0 Å². The Kier molecular flexibility index (Phi) is 7.13. The summed E-state index contributed by atoms with van der Waals surface area (Å²) in [5, 5.41) is 7.80. The van der Waals surface area contributed by atoms with Crippen LogP contribution in [-0.4, -0.2) is 40.6 Å². The summed E-state index contributed by atoms with van der Waals surface area (Å²) in [7, 11) is 0. The first kappa shape index (κ1) is 23.0. The molecule has 0 fully saturated rings. The average molecular weight is 466 g/mol. The minimum absolute atomic E-state index is 0.198. The van der Waals surface area contributed by atoms with Gasteiger partial charge in [-0.25, -0.2) is 4.79 Å². The number of carbonyl (C=O) groups excluding carboxylic acids is 1. The molecule has 1 aliphatic rings. The molecule has 8 heteroatoms. The van der Waals surface area contributed by atoms with Crippen LogP contribution in [0.25, 0.3) is 22.2 Å². The molecule has 0 aliphatic carbocycles. The highest BCUT2D eigenvalue weighted by molar-refractivity contribution is 8.14. The summed E-state index contributed by atoms with van der Waals surface area (Å²) in [6.07, 6.45) is 0.896. The van der Waals surface area contributed by atoms with E-state index in [1.165, 1.54) is 0 Å². The van der Waals surface area contributed by atoms with Gasteiger partial charge in [0.2, 0.25) is 0 Å². The summed E-state index contributed by atoms with van der Waals surface area (Å²) in [6, 6.07) is 13.8. The Morgan fingerprint density at radius 3 is 2.70 bits per heavy atom. The summed E-state index contributed by atoms with van der Waals surface area (Å²) in [6.45, 7) is 8.16. The maximum Gasteiger partial charge on any atom is 0.319 e. The SMILES string of the molecule is CCCNC(=O)Nc1ccc(-c2c(N)c3ccc(OCC4CSC(C)=N4)cc3n2CC)cc1. The van der Waals surface area contributed by atoms with Crippen LogP contribution >= 0.6 is 11.8 Å². The monoisotopic (exact) mass is 465 g/mol. The molecule has 3 aromatic rings. The molecule has 1 aliphatic heterocycles. The van der Waals surface area contributed by atoms with Gasteiger partial charge in [0.25, 0.3) is 0 Å². The van der Waals surface area contributed by atoms with Crippen LogP contribution in [0.3, 0.4) is 0 Å². The first-order valence-corrected chi connectivity index (χ1v) is 12.4. The predicted octanol–water partition coefficient (Wildman–Crippen LogP) is 5.35. The summed E-state index contributed by atoms with van der Waals surface area (Å²) < 4.78 is 8.27. The fraction of sp³-hybridized carbons (Fsp3) is 0.360. The van der Waals surface area contributed by atoms with Crippen molar-refractivity contribution in [2.75, 3.05) is 30.0 Å². The highest BCUT2D eigenvalue weighted by Gasteiger charge is 2.19. The minimum atomic E-state index is -0.198. The molecule has 2 aromatic carbocycles. The van der Waals surface area contributed by atoms with E-state index >= 15 is 0 Å². The van der Waals surface area contributed by atoms with Crippen molar-refractivity contribution >= 4 is 45.1 Å². The fourth-order valence-electron chi connectivity index (χ4n) is 4.04. The molecule has 1 atom stereocenters. The van der Waals surface area contributed by atoms with Gasteiger partial charge in [0.1, 0.15) is 12.4 Å². The number of ether oxygens (including phenoxy) is 1. The number of thioether (sulfide) groups is 1. The number of nitrogens with zero attached hydrogens (tertiary/aromatic N) is 2. The fourth-order valence-corrected chi connectivity index (χ4v) is 4.86. The molecule has 0 bridgehead atoms. The van der Waals surface area contributed by atoms with Crippen molar-refractivity contribution in [1.29, 1.82) is 0 Å². The number of hydrogen-bond donors (Lipinski definition) is 3. The van der Waals surface area contributed by atoms with E-state index in [2.05, 4.69) is 33.2 Å². The second-order valence-corrected chi connectivity index (χ2v) is 9.28. The number of amides is 2. The summed E-state index contributed by atoms with van der Waals surface area (Å²) in [5.41, 5.74) is 11.1. The van der Waals surface area contributed by atoms with Gasteiger partial charge in [0, 0.05) is 41.5 Å². The highest BCUT2D eigenvalue weighted by atomic mass is 32.2. The summed E-state index contributed by atoms with van der Waals surface area (Å²) >= 11 is 1.78. The van der Waals surface area contributed by atoms with Crippen LogP contribution in [0.15, 0.2) is 47.5 Å². The molecule has 0 radical (unpaired) electrons. The van der Waals surface area contributed by atoms with Gasteiger partial charge in [-0.05, 0) is 44.5 Å². The molecule has 4 rings (SSSR count). The van der Waals surface area contributed by atoms with E-state index in [1.807, 2.05) is 50.2 Å². The number of anilines is 2. The van der Waals surface area contributed by atoms with Gasteiger partial charge in [0.15, 0.2) is 0 Å². The van der Waals surface area contributed by atoms with E-state index in [4.69, 9.17) is 10.5 Å². The lowest BCUT2D eigenvalue weighted by Crippen LogP contribution is -2.29. The molecule has 1 unspecified atom stereocenters. The number of nitrogen functional groups attached to an aromatic ring is 1. The molecule has 174 valence electrons. The van der Waals surface area contributed by atoms with Gasteiger partial charge in [-0.1, -0.05) is 19.1 Å². The zero-order valence-electron chi connectivity index (χ0n) is 19.4. The second-order valence-electron chi connectivity index (χ2n) is 8.07. The molecule has 2 amide bonds. The molecular weight excluding hydrogens is 434 g/mol. The third kappa shape index (κ3) is 5.11. The standard InChI is InChI=1S/C25H31N5O2S/c1-4-12-27-25(31)29-18-8-6-17(7-9-18)24-23(26)21-11-10-20(13-22(21)30(24)5-2)32-14-19-15-33-16(3)28-19/h6-11,13,19H,4-5,12,14-15,26H2,1-3H3,(H2,27,29,31). The van der Waals surface area contributed by atoms with E-state index in [-0.39, 0.29) is 12.1 Å². The van der Waals surface area contributed by atoms with Gasteiger partial charge >= 0.3 is 6.03 Å². The third-order valence-electron chi connectivity index (χ3n) is 5.63. The lowest BCUT2D eigenvalue weighted by Gasteiger charge is -2.12. The van der Waals surface area contributed by atoms with Crippen LogP contribution in [0.5, 0.6) is 5.75 Å². The first-order valence-electron chi connectivity index (χ1n) is 11.4. The number of aromatic nitrogens is 1.